The van der Waals surface area contributed by atoms with Crippen molar-refractivity contribution < 1.29 is 14.0 Å². The largest absolute Gasteiger partial charge is 0.360 e. The third-order valence-corrected chi connectivity index (χ3v) is 8.50. The van der Waals surface area contributed by atoms with Crippen molar-refractivity contribution in [2.24, 2.45) is 0 Å². The van der Waals surface area contributed by atoms with Gasteiger partial charge >= 0.3 is 0 Å². The van der Waals surface area contributed by atoms with E-state index in [2.05, 4.69) is 29.0 Å². The minimum atomic E-state index is -0.631. The Balaban J connectivity index is 0.000000886. The van der Waals surface area contributed by atoms with E-state index in [1.165, 1.54) is 6.42 Å². The Morgan fingerprint density at radius 1 is 1.05 bits per heavy atom. The van der Waals surface area contributed by atoms with Crippen LogP contribution in [0.3, 0.4) is 0 Å². The Morgan fingerprint density at radius 3 is 2.48 bits per heavy atom. The minimum Gasteiger partial charge on any atom is -0.360 e. The van der Waals surface area contributed by atoms with Gasteiger partial charge < -0.3 is 18.9 Å². The Hall–Kier alpha value is -2.07. The zero-order valence-corrected chi connectivity index (χ0v) is 26.2. The predicted octanol–water partition coefficient (Wildman–Crippen LogP) is 6.94. The van der Waals surface area contributed by atoms with E-state index in [9.17, 15) is 0 Å². The van der Waals surface area contributed by atoms with E-state index in [0.29, 0.717) is 35.9 Å². The summed E-state index contributed by atoms with van der Waals surface area (Å²) in [6, 6.07) is 0.441. The van der Waals surface area contributed by atoms with Crippen LogP contribution in [0.5, 0.6) is 0 Å². The Morgan fingerprint density at radius 2 is 1.80 bits per heavy atom. The monoisotopic (exact) mass is 574 g/mol. The molecule has 3 aromatic heterocycles. The molecule has 2 unspecified atom stereocenters. The zero-order chi connectivity index (χ0) is 28.9. The van der Waals surface area contributed by atoms with Gasteiger partial charge in [0.15, 0.2) is 23.0 Å². The van der Waals surface area contributed by atoms with Crippen molar-refractivity contribution in [2.75, 3.05) is 26.8 Å². The number of ether oxygens (including phenoxy) is 2. The number of aromatic nitrogens is 5. The fourth-order valence-electron chi connectivity index (χ4n) is 6.30. The lowest BCUT2D eigenvalue weighted by Gasteiger charge is -2.36. The quantitative estimate of drug-likeness (QED) is 0.280. The van der Waals surface area contributed by atoms with E-state index in [4.69, 9.17) is 35.7 Å². The number of fused-ring (bicyclic) bond motifs is 2. The molecule has 2 saturated heterocycles. The van der Waals surface area contributed by atoms with E-state index >= 15 is 0 Å². The van der Waals surface area contributed by atoms with Gasteiger partial charge in [-0.3, -0.25) is 0 Å². The smallest absolute Gasteiger partial charge is 0.185 e. The van der Waals surface area contributed by atoms with Gasteiger partial charge in [-0.15, -0.1) is 0 Å². The molecule has 2 aliphatic heterocycles. The van der Waals surface area contributed by atoms with Crippen LogP contribution in [0.15, 0.2) is 4.52 Å². The van der Waals surface area contributed by atoms with Gasteiger partial charge in [0.1, 0.15) is 10.9 Å². The molecule has 0 spiro atoms. The number of nitrogens with zero attached hydrogens (tertiary/aromatic N) is 6. The second-order valence-corrected chi connectivity index (χ2v) is 10.9. The first-order valence-corrected chi connectivity index (χ1v) is 15.8. The Bertz CT molecular complexity index is 1250. The summed E-state index contributed by atoms with van der Waals surface area (Å²) >= 11 is 6.72. The molecule has 10 heteroatoms. The highest BCUT2D eigenvalue weighted by atomic mass is 35.5. The molecule has 0 amide bonds. The Labute approximate surface area is 243 Å². The molecule has 3 aromatic rings. The summed E-state index contributed by atoms with van der Waals surface area (Å²) in [5.41, 5.74) is 3.33. The van der Waals surface area contributed by atoms with Gasteiger partial charge in [-0.1, -0.05) is 57.8 Å². The van der Waals surface area contributed by atoms with Crippen LogP contribution in [0.2, 0.25) is 5.15 Å². The predicted molar refractivity (Wildman–Crippen MR) is 159 cm³/mol. The fourth-order valence-corrected chi connectivity index (χ4v) is 6.60. The number of rotatable bonds is 7. The molecule has 40 heavy (non-hydrogen) atoms. The lowest BCUT2D eigenvalue weighted by Crippen LogP contribution is -2.39. The third-order valence-electron chi connectivity index (χ3n) is 8.23. The Kier molecular flexibility index (Phi) is 10.6. The van der Waals surface area contributed by atoms with Crippen LogP contribution in [0.4, 0.5) is 0 Å². The van der Waals surface area contributed by atoms with Crippen LogP contribution in [0, 0.1) is 6.92 Å². The highest BCUT2D eigenvalue weighted by Crippen LogP contribution is 2.48. The van der Waals surface area contributed by atoms with Gasteiger partial charge in [-0.05, 0) is 59.0 Å². The van der Waals surface area contributed by atoms with Gasteiger partial charge in [0.05, 0.1) is 36.8 Å². The third kappa shape index (κ3) is 5.80. The maximum atomic E-state index is 6.72. The molecule has 222 valence electrons. The van der Waals surface area contributed by atoms with Crippen LogP contribution < -0.4 is 0 Å². The van der Waals surface area contributed by atoms with Crippen molar-refractivity contribution in [1.29, 1.82) is 0 Å². The first-order chi connectivity index (χ1) is 19.5. The van der Waals surface area contributed by atoms with Crippen LogP contribution in [0.25, 0.3) is 22.6 Å². The number of likely N-dealkylation sites (tertiary alicyclic amines) is 1. The van der Waals surface area contributed by atoms with Gasteiger partial charge in [-0.2, -0.15) is 5.10 Å². The molecule has 2 fully saturated rings. The van der Waals surface area contributed by atoms with Crippen molar-refractivity contribution in [2.45, 2.75) is 117 Å². The van der Waals surface area contributed by atoms with Crippen molar-refractivity contribution in [3.8, 4) is 11.5 Å². The van der Waals surface area contributed by atoms with Crippen LogP contribution >= 0.6 is 11.6 Å². The molecule has 5 heterocycles. The minimum absolute atomic E-state index is 0.0152. The molecular weight excluding hydrogens is 528 g/mol. The summed E-state index contributed by atoms with van der Waals surface area (Å²) in [5, 5.41) is 10.5. The number of halogens is 1. The maximum absolute atomic E-state index is 6.72. The molecular formula is C30H47ClN6O3. The molecule has 0 radical (unpaired) electrons. The highest BCUT2D eigenvalue weighted by molar-refractivity contribution is 6.34. The number of hydrogen-bond acceptors (Lipinski definition) is 8. The van der Waals surface area contributed by atoms with Crippen LogP contribution in [-0.4, -0.2) is 68.4 Å². The SMILES string of the molecule is CC.CC.CCCCC1(C2CCCc3c(-c4nc(Cl)c5c(C)nn(CC6CCCN6C)c5n4)noc32)OCCO1. The molecule has 0 saturated carbocycles. The lowest BCUT2D eigenvalue weighted by molar-refractivity contribution is -0.186. The number of hydrogen-bond donors (Lipinski definition) is 0. The van der Waals surface area contributed by atoms with Crippen LogP contribution in [-0.2, 0) is 22.4 Å². The summed E-state index contributed by atoms with van der Waals surface area (Å²) in [7, 11) is 2.17. The number of unbranched alkanes of at least 4 members (excludes halogenated alkanes) is 1. The van der Waals surface area contributed by atoms with E-state index in [1.807, 2.05) is 39.3 Å². The van der Waals surface area contributed by atoms with Gasteiger partial charge in [-0.25, -0.2) is 14.6 Å². The zero-order valence-electron chi connectivity index (χ0n) is 25.4. The van der Waals surface area contributed by atoms with E-state index in [-0.39, 0.29) is 5.92 Å². The molecule has 1 aliphatic carbocycles. The second-order valence-electron chi connectivity index (χ2n) is 10.5. The molecule has 0 aromatic carbocycles. The number of likely N-dealkylation sites (N-methyl/N-ethyl adjacent to an activating group) is 1. The molecule has 0 bridgehead atoms. The molecule has 6 rings (SSSR count). The van der Waals surface area contributed by atoms with E-state index in [0.717, 1.165) is 86.1 Å². The lowest BCUT2D eigenvalue weighted by atomic mass is 9.80. The molecule has 0 N–H and O–H groups in total. The second kappa shape index (κ2) is 13.7. The van der Waals surface area contributed by atoms with Gasteiger partial charge in [0.2, 0.25) is 0 Å². The summed E-state index contributed by atoms with van der Waals surface area (Å²) in [4.78, 5) is 12.0. The molecule has 9 nitrogen and oxygen atoms in total. The summed E-state index contributed by atoms with van der Waals surface area (Å²) < 4.78 is 20.5. The van der Waals surface area contributed by atoms with Crippen molar-refractivity contribution in [1.82, 2.24) is 29.8 Å². The van der Waals surface area contributed by atoms with Gasteiger partial charge in [0.25, 0.3) is 0 Å². The molecule has 2 atom stereocenters. The van der Waals surface area contributed by atoms with Crippen LogP contribution in [0.1, 0.15) is 102 Å². The fraction of sp³-hybridized carbons (Fsp3) is 0.733. The van der Waals surface area contributed by atoms with E-state index < -0.39 is 5.79 Å². The summed E-state index contributed by atoms with van der Waals surface area (Å²) in [6.45, 7) is 15.3. The van der Waals surface area contributed by atoms with E-state index in [1.54, 1.807) is 0 Å². The maximum Gasteiger partial charge on any atom is 0.185 e. The van der Waals surface area contributed by atoms with Crippen molar-refractivity contribution in [3.05, 3.63) is 22.2 Å². The normalized spacial score (nSPS) is 22.0. The number of aryl methyl sites for hydroxylation is 1. The highest BCUT2D eigenvalue weighted by Gasteiger charge is 2.49. The first kappa shape index (κ1) is 30.9. The van der Waals surface area contributed by atoms with Crippen molar-refractivity contribution in [3.63, 3.8) is 0 Å². The average Bonchev–Trinajstić information content (AvgIpc) is 3.78. The summed E-state index contributed by atoms with van der Waals surface area (Å²) in [5.74, 6) is 0.732. The summed E-state index contributed by atoms with van der Waals surface area (Å²) in [6.07, 6.45) is 8.17. The van der Waals surface area contributed by atoms with Gasteiger partial charge in [0, 0.05) is 18.0 Å². The standard InChI is InChI=1S/C26H35ClN6O3.2C2H6/c1-4-5-11-26(34-13-14-35-26)19-10-6-9-18-21(31-36-22(18)19)24-28-23(27)20-16(2)30-33(25(20)29-24)15-17-8-7-12-32(17)3;2*1-2/h17,19H,4-15H2,1-3H3;2*1-2H3. The molecule has 3 aliphatic rings. The van der Waals surface area contributed by atoms with Crippen molar-refractivity contribution >= 4 is 22.6 Å². The average molecular weight is 575 g/mol. The first-order valence-electron chi connectivity index (χ1n) is 15.4. The topological polar surface area (TPSA) is 91.3 Å².